The molecule has 3 nitrogen and oxygen atoms in total. The average Bonchev–Trinajstić information content (AvgIpc) is 3.29. The number of hydrogen-bond donors (Lipinski definition) is 1. The minimum absolute atomic E-state index is 0.637. The van der Waals surface area contributed by atoms with E-state index >= 15 is 0 Å². The van der Waals surface area contributed by atoms with Gasteiger partial charge >= 0.3 is 0 Å². The molecule has 2 fully saturated rings. The Morgan fingerprint density at radius 2 is 1.90 bits per heavy atom. The number of benzene rings is 1. The lowest BCUT2D eigenvalue weighted by Gasteiger charge is -2.38. The van der Waals surface area contributed by atoms with Crippen molar-refractivity contribution in [3.63, 3.8) is 0 Å². The summed E-state index contributed by atoms with van der Waals surface area (Å²) in [6.45, 7) is 9.85. The highest BCUT2D eigenvalue weighted by molar-refractivity contribution is 6.33. The van der Waals surface area contributed by atoms with Crippen LogP contribution in [0.25, 0.3) is 0 Å². The van der Waals surface area contributed by atoms with Gasteiger partial charge in [-0.15, -0.1) is 0 Å². The molecule has 0 atom stereocenters. The van der Waals surface area contributed by atoms with Crippen LogP contribution >= 0.6 is 11.6 Å². The molecule has 1 heterocycles. The lowest BCUT2D eigenvalue weighted by Crippen LogP contribution is -2.49. The molecule has 0 unspecified atom stereocenters. The molecule has 1 saturated carbocycles. The van der Waals surface area contributed by atoms with Crippen molar-refractivity contribution in [2.75, 3.05) is 31.1 Å². The molecule has 1 saturated heterocycles. The molecule has 21 heavy (non-hydrogen) atoms. The van der Waals surface area contributed by atoms with Crippen LogP contribution in [-0.4, -0.2) is 43.2 Å². The van der Waals surface area contributed by atoms with E-state index in [-0.39, 0.29) is 0 Å². The van der Waals surface area contributed by atoms with Crippen molar-refractivity contribution in [2.45, 2.75) is 45.3 Å². The second-order valence-corrected chi connectivity index (χ2v) is 6.96. The van der Waals surface area contributed by atoms with E-state index in [0.717, 1.165) is 43.8 Å². The highest BCUT2D eigenvalue weighted by atomic mass is 35.5. The summed E-state index contributed by atoms with van der Waals surface area (Å²) < 4.78 is 0. The summed E-state index contributed by atoms with van der Waals surface area (Å²) in [4.78, 5) is 4.94. The van der Waals surface area contributed by atoms with Crippen molar-refractivity contribution >= 4 is 17.3 Å². The zero-order chi connectivity index (χ0) is 14.8. The fraction of sp³-hybridized carbons (Fsp3) is 0.647. The van der Waals surface area contributed by atoms with Gasteiger partial charge in [-0.25, -0.2) is 0 Å². The summed E-state index contributed by atoms with van der Waals surface area (Å²) in [5.41, 5.74) is 2.48. The molecule has 1 aliphatic carbocycles. The third-order valence-corrected chi connectivity index (χ3v) is 4.87. The van der Waals surface area contributed by atoms with Crippen LogP contribution in [0.2, 0.25) is 5.02 Å². The van der Waals surface area contributed by atoms with E-state index in [1.807, 2.05) is 0 Å². The molecule has 1 aromatic carbocycles. The van der Waals surface area contributed by atoms with Crippen LogP contribution in [0.4, 0.5) is 5.69 Å². The van der Waals surface area contributed by atoms with Gasteiger partial charge in [0, 0.05) is 44.8 Å². The lowest BCUT2D eigenvalue weighted by atomic mass is 10.1. The number of anilines is 1. The smallest absolute Gasteiger partial charge is 0.0642 e. The highest BCUT2D eigenvalue weighted by Gasteiger charge is 2.22. The molecule has 0 spiro atoms. The highest BCUT2D eigenvalue weighted by Crippen LogP contribution is 2.28. The van der Waals surface area contributed by atoms with Crippen molar-refractivity contribution in [3.8, 4) is 0 Å². The van der Waals surface area contributed by atoms with Gasteiger partial charge in [-0.05, 0) is 44.4 Å². The number of hydrogen-bond acceptors (Lipinski definition) is 3. The predicted molar refractivity (Wildman–Crippen MR) is 90.2 cm³/mol. The van der Waals surface area contributed by atoms with E-state index < -0.39 is 0 Å². The molecule has 1 N–H and O–H groups in total. The Bertz CT molecular complexity index is 477. The van der Waals surface area contributed by atoms with Gasteiger partial charge in [0.05, 0.1) is 10.7 Å². The molecular formula is C17H26ClN3. The quantitative estimate of drug-likeness (QED) is 0.901. The SMILES string of the molecule is CC(C)N1CCN(c2ccc(CNC3CC3)cc2Cl)CC1. The van der Waals surface area contributed by atoms with Crippen LogP contribution in [-0.2, 0) is 6.54 Å². The zero-order valence-electron chi connectivity index (χ0n) is 13.1. The Hall–Kier alpha value is -0.770. The summed E-state index contributed by atoms with van der Waals surface area (Å²) in [7, 11) is 0. The normalized spacial score (nSPS) is 20.3. The van der Waals surface area contributed by atoms with Crippen molar-refractivity contribution in [2.24, 2.45) is 0 Å². The molecule has 1 aromatic rings. The molecule has 3 rings (SSSR count). The van der Waals surface area contributed by atoms with Crippen LogP contribution in [0, 0.1) is 0 Å². The number of nitrogens with zero attached hydrogens (tertiary/aromatic N) is 2. The van der Waals surface area contributed by atoms with Crippen molar-refractivity contribution in [1.82, 2.24) is 10.2 Å². The second-order valence-electron chi connectivity index (χ2n) is 6.56. The number of nitrogens with one attached hydrogen (secondary N) is 1. The van der Waals surface area contributed by atoms with Crippen LogP contribution in [0.3, 0.4) is 0 Å². The fourth-order valence-corrected chi connectivity index (χ4v) is 3.27. The first-order valence-electron chi connectivity index (χ1n) is 8.14. The summed E-state index contributed by atoms with van der Waals surface area (Å²) in [5.74, 6) is 0. The molecule has 1 aliphatic heterocycles. The van der Waals surface area contributed by atoms with E-state index in [1.54, 1.807) is 0 Å². The van der Waals surface area contributed by atoms with Crippen molar-refractivity contribution < 1.29 is 0 Å². The fourth-order valence-electron chi connectivity index (χ4n) is 2.95. The molecule has 4 heteroatoms. The average molecular weight is 308 g/mol. The first-order chi connectivity index (χ1) is 10.1. The molecular weight excluding hydrogens is 282 g/mol. The lowest BCUT2D eigenvalue weighted by molar-refractivity contribution is 0.209. The zero-order valence-corrected chi connectivity index (χ0v) is 13.9. The first-order valence-corrected chi connectivity index (χ1v) is 8.52. The van der Waals surface area contributed by atoms with Gasteiger partial charge in [0.25, 0.3) is 0 Å². The van der Waals surface area contributed by atoms with Crippen LogP contribution < -0.4 is 10.2 Å². The van der Waals surface area contributed by atoms with Crippen molar-refractivity contribution in [1.29, 1.82) is 0 Å². The molecule has 0 aromatic heterocycles. The summed E-state index contributed by atoms with van der Waals surface area (Å²) in [6.07, 6.45) is 2.65. The predicted octanol–water partition coefficient (Wildman–Crippen LogP) is 3.12. The first kappa shape index (κ1) is 15.1. The van der Waals surface area contributed by atoms with E-state index in [4.69, 9.17) is 11.6 Å². The molecule has 0 amide bonds. The van der Waals surface area contributed by atoms with Crippen LogP contribution in [0.5, 0.6) is 0 Å². The van der Waals surface area contributed by atoms with Gasteiger partial charge in [0.15, 0.2) is 0 Å². The number of halogens is 1. The standard InChI is InChI=1S/C17H26ClN3/c1-13(2)20-7-9-21(10-8-20)17-6-3-14(11-16(17)18)12-19-15-4-5-15/h3,6,11,13,15,19H,4-5,7-10,12H2,1-2H3. The third kappa shape index (κ3) is 3.91. The van der Waals surface area contributed by atoms with E-state index in [2.05, 4.69) is 47.2 Å². The van der Waals surface area contributed by atoms with Crippen LogP contribution in [0.1, 0.15) is 32.3 Å². The maximum Gasteiger partial charge on any atom is 0.0642 e. The minimum Gasteiger partial charge on any atom is -0.368 e. The Labute approximate surface area is 133 Å². The number of rotatable bonds is 5. The van der Waals surface area contributed by atoms with Gasteiger partial charge in [0.1, 0.15) is 0 Å². The van der Waals surface area contributed by atoms with Gasteiger partial charge in [0.2, 0.25) is 0 Å². The monoisotopic (exact) mass is 307 g/mol. The largest absolute Gasteiger partial charge is 0.368 e. The summed E-state index contributed by atoms with van der Waals surface area (Å²) >= 11 is 6.51. The molecule has 0 bridgehead atoms. The van der Waals surface area contributed by atoms with E-state index in [0.29, 0.717) is 6.04 Å². The van der Waals surface area contributed by atoms with Crippen LogP contribution in [0.15, 0.2) is 18.2 Å². The van der Waals surface area contributed by atoms with Crippen molar-refractivity contribution in [3.05, 3.63) is 28.8 Å². The van der Waals surface area contributed by atoms with Gasteiger partial charge in [-0.3, -0.25) is 4.90 Å². The van der Waals surface area contributed by atoms with E-state index in [1.165, 1.54) is 24.1 Å². The van der Waals surface area contributed by atoms with Gasteiger partial charge in [-0.1, -0.05) is 17.7 Å². The van der Waals surface area contributed by atoms with Gasteiger partial charge < -0.3 is 10.2 Å². The van der Waals surface area contributed by atoms with Gasteiger partial charge in [-0.2, -0.15) is 0 Å². The molecule has 2 aliphatic rings. The topological polar surface area (TPSA) is 18.5 Å². The Balaban J connectivity index is 1.60. The Kier molecular flexibility index (Phi) is 4.72. The number of piperazine rings is 1. The summed E-state index contributed by atoms with van der Waals surface area (Å²) in [5, 5.41) is 4.43. The summed E-state index contributed by atoms with van der Waals surface area (Å²) in [6, 6.07) is 7.91. The molecule has 0 radical (unpaired) electrons. The Morgan fingerprint density at radius 3 is 2.48 bits per heavy atom. The Morgan fingerprint density at radius 1 is 1.19 bits per heavy atom. The minimum atomic E-state index is 0.637. The third-order valence-electron chi connectivity index (χ3n) is 4.57. The second kappa shape index (κ2) is 6.55. The molecule has 116 valence electrons. The maximum atomic E-state index is 6.51. The maximum absolute atomic E-state index is 6.51. The van der Waals surface area contributed by atoms with E-state index in [9.17, 15) is 0 Å².